The zero-order valence-electron chi connectivity index (χ0n) is 14.3. The quantitative estimate of drug-likeness (QED) is 0.609. The van der Waals surface area contributed by atoms with Crippen LogP contribution >= 0.6 is 0 Å². The summed E-state index contributed by atoms with van der Waals surface area (Å²) in [7, 11) is 0. The molecule has 2 unspecified atom stereocenters. The zero-order chi connectivity index (χ0) is 17.3. The molecule has 1 aliphatic carbocycles. The monoisotopic (exact) mass is 334 g/mol. The average molecular weight is 334 g/mol. The second kappa shape index (κ2) is 4.78. The molecule has 1 aliphatic rings. The van der Waals surface area contributed by atoms with Crippen molar-refractivity contribution < 1.29 is 5.11 Å². The Morgan fingerprint density at radius 2 is 2.00 bits per heavy atom. The highest BCUT2D eigenvalue weighted by Crippen LogP contribution is 2.54. The van der Waals surface area contributed by atoms with Gasteiger partial charge in [-0.1, -0.05) is 0 Å². The summed E-state index contributed by atoms with van der Waals surface area (Å²) in [6, 6.07) is 3.37. The first-order chi connectivity index (χ1) is 12.0. The van der Waals surface area contributed by atoms with Gasteiger partial charge in [0.25, 0.3) is 0 Å². The maximum atomic E-state index is 9.67. The minimum Gasteiger partial charge on any atom is -0.508 e. The lowest BCUT2D eigenvalue weighted by molar-refractivity contribution is 0.475. The van der Waals surface area contributed by atoms with Crippen LogP contribution in [-0.4, -0.2) is 34.1 Å². The Morgan fingerprint density at radius 1 is 1.16 bits per heavy atom. The predicted molar refractivity (Wildman–Crippen MR) is 91.9 cm³/mol. The number of hydrogen-bond donors (Lipinski definition) is 1. The van der Waals surface area contributed by atoms with E-state index in [9.17, 15) is 5.11 Å². The van der Waals surface area contributed by atoms with Crippen LogP contribution < -0.4 is 0 Å². The minimum absolute atomic E-state index is 0.233. The minimum atomic E-state index is 0.233. The Hall–Kier alpha value is -2.96. The number of nitrogens with zero attached hydrogens (tertiary/aromatic N) is 6. The molecule has 0 amide bonds. The SMILES string of the molecule is Cc1ncc(C)n2nc(C3CC3c3nc4cc(O)ccn4c3C)nc12. The van der Waals surface area contributed by atoms with Crippen LogP contribution in [-0.2, 0) is 0 Å². The molecule has 0 radical (unpaired) electrons. The van der Waals surface area contributed by atoms with Crippen molar-refractivity contribution in [1.82, 2.24) is 29.0 Å². The van der Waals surface area contributed by atoms with Gasteiger partial charge in [0.05, 0.1) is 17.1 Å². The van der Waals surface area contributed by atoms with Gasteiger partial charge in [-0.15, -0.1) is 0 Å². The Kier molecular flexibility index (Phi) is 2.75. The van der Waals surface area contributed by atoms with Gasteiger partial charge >= 0.3 is 0 Å². The molecule has 7 heteroatoms. The third-order valence-electron chi connectivity index (χ3n) is 5.08. The summed E-state index contributed by atoms with van der Waals surface area (Å²) in [6.45, 7) is 6.01. The van der Waals surface area contributed by atoms with Crippen molar-refractivity contribution in [2.45, 2.75) is 39.0 Å². The van der Waals surface area contributed by atoms with Crippen molar-refractivity contribution in [3.05, 3.63) is 53.1 Å². The van der Waals surface area contributed by atoms with Gasteiger partial charge in [-0.25, -0.2) is 14.5 Å². The van der Waals surface area contributed by atoms with Crippen molar-refractivity contribution in [2.75, 3.05) is 0 Å². The van der Waals surface area contributed by atoms with E-state index in [1.807, 2.05) is 35.2 Å². The summed E-state index contributed by atoms with van der Waals surface area (Å²) < 4.78 is 3.89. The highest BCUT2D eigenvalue weighted by molar-refractivity contribution is 5.50. The predicted octanol–water partition coefficient (Wildman–Crippen LogP) is 2.67. The first-order valence-electron chi connectivity index (χ1n) is 8.39. The van der Waals surface area contributed by atoms with Crippen LogP contribution in [0.1, 0.15) is 46.9 Å². The molecule has 0 spiro atoms. The summed E-state index contributed by atoms with van der Waals surface area (Å²) in [4.78, 5) is 13.8. The first-order valence-corrected chi connectivity index (χ1v) is 8.39. The Morgan fingerprint density at radius 3 is 2.80 bits per heavy atom. The van der Waals surface area contributed by atoms with E-state index in [-0.39, 0.29) is 11.7 Å². The van der Waals surface area contributed by atoms with E-state index < -0.39 is 0 Å². The van der Waals surface area contributed by atoms with Crippen molar-refractivity contribution in [3.8, 4) is 5.75 Å². The summed E-state index contributed by atoms with van der Waals surface area (Å²) in [5.74, 6) is 1.71. The van der Waals surface area contributed by atoms with Crippen LogP contribution in [0, 0.1) is 20.8 Å². The number of aryl methyl sites for hydroxylation is 3. The molecular weight excluding hydrogens is 316 g/mol. The fourth-order valence-corrected chi connectivity index (χ4v) is 3.58. The van der Waals surface area contributed by atoms with E-state index in [0.717, 1.165) is 46.3 Å². The lowest BCUT2D eigenvalue weighted by Crippen LogP contribution is -1.97. The largest absolute Gasteiger partial charge is 0.508 e. The van der Waals surface area contributed by atoms with Crippen LogP contribution in [0.3, 0.4) is 0 Å². The van der Waals surface area contributed by atoms with E-state index in [2.05, 4.69) is 11.9 Å². The molecule has 1 N–H and O–H groups in total. The number of fused-ring (bicyclic) bond motifs is 2. The standard InChI is InChI=1S/C18H18N6O/c1-9-8-19-10(2)18-21-17(22-24(9)18)14-7-13(14)16-11(3)23-5-4-12(25)6-15(23)20-16/h4-6,8,13-14,25H,7H2,1-3H3. The van der Waals surface area contributed by atoms with E-state index >= 15 is 0 Å². The van der Waals surface area contributed by atoms with Crippen LogP contribution in [0.5, 0.6) is 5.75 Å². The summed E-state index contributed by atoms with van der Waals surface area (Å²) in [6.07, 6.45) is 4.68. The van der Waals surface area contributed by atoms with Crippen LogP contribution in [0.4, 0.5) is 0 Å². The molecule has 4 aromatic rings. The van der Waals surface area contributed by atoms with Crippen molar-refractivity contribution in [2.24, 2.45) is 0 Å². The number of aromatic hydroxyl groups is 1. The second-order valence-corrected chi connectivity index (χ2v) is 6.83. The number of imidazole rings is 1. The first kappa shape index (κ1) is 14.4. The lowest BCUT2D eigenvalue weighted by Gasteiger charge is -1.98. The van der Waals surface area contributed by atoms with Crippen molar-refractivity contribution >= 4 is 11.3 Å². The number of aromatic nitrogens is 6. The molecule has 1 fully saturated rings. The molecule has 4 heterocycles. The Bertz CT molecular complexity index is 1100. The van der Waals surface area contributed by atoms with E-state index in [4.69, 9.17) is 15.1 Å². The van der Waals surface area contributed by atoms with Crippen molar-refractivity contribution in [1.29, 1.82) is 0 Å². The molecule has 2 atom stereocenters. The molecule has 5 rings (SSSR count). The zero-order valence-corrected chi connectivity index (χ0v) is 14.3. The topological polar surface area (TPSA) is 80.6 Å². The molecule has 0 aromatic carbocycles. The molecule has 7 nitrogen and oxygen atoms in total. The smallest absolute Gasteiger partial charge is 0.177 e. The molecule has 25 heavy (non-hydrogen) atoms. The van der Waals surface area contributed by atoms with E-state index in [0.29, 0.717) is 5.92 Å². The van der Waals surface area contributed by atoms with Gasteiger partial charge in [-0.05, 0) is 33.3 Å². The fraction of sp³-hybridized carbons (Fsp3) is 0.333. The normalized spacial score (nSPS) is 19.8. The maximum absolute atomic E-state index is 9.67. The molecular formula is C18H18N6O. The number of rotatable bonds is 2. The third kappa shape index (κ3) is 2.05. The van der Waals surface area contributed by atoms with E-state index in [1.165, 1.54) is 0 Å². The summed E-state index contributed by atoms with van der Waals surface area (Å²) in [5, 5.41) is 14.4. The lowest BCUT2D eigenvalue weighted by atomic mass is 10.2. The Balaban J connectivity index is 1.54. The molecule has 0 aliphatic heterocycles. The van der Waals surface area contributed by atoms with Crippen LogP contribution in [0.25, 0.3) is 11.3 Å². The molecule has 4 aromatic heterocycles. The van der Waals surface area contributed by atoms with Gasteiger partial charge in [0.2, 0.25) is 0 Å². The second-order valence-electron chi connectivity index (χ2n) is 6.83. The van der Waals surface area contributed by atoms with Gasteiger partial charge in [-0.2, -0.15) is 5.10 Å². The van der Waals surface area contributed by atoms with Crippen LogP contribution in [0.2, 0.25) is 0 Å². The van der Waals surface area contributed by atoms with Gasteiger partial charge in [-0.3, -0.25) is 4.98 Å². The Labute approximate surface area is 144 Å². The average Bonchev–Trinajstić information content (AvgIpc) is 3.12. The van der Waals surface area contributed by atoms with Gasteiger partial charge in [0.15, 0.2) is 11.5 Å². The maximum Gasteiger partial charge on any atom is 0.177 e. The van der Waals surface area contributed by atoms with Gasteiger partial charge in [0.1, 0.15) is 11.4 Å². The summed E-state index contributed by atoms with van der Waals surface area (Å²) >= 11 is 0. The number of hydrogen-bond acceptors (Lipinski definition) is 5. The molecule has 0 bridgehead atoms. The highest BCUT2D eigenvalue weighted by Gasteiger charge is 2.45. The van der Waals surface area contributed by atoms with Crippen molar-refractivity contribution in [3.63, 3.8) is 0 Å². The van der Waals surface area contributed by atoms with Crippen LogP contribution in [0.15, 0.2) is 24.5 Å². The highest BCUT2D eigenvalue weighted by atomic mass is 16.3. The van der Waals surface area contributed by atoms with E-state index in [1.54, 1.807) is 12.1 Å². The molecule has 126 valence electrons. The summed E-state index contributed by atoms with van der Waals surface area (Å²) in [5.41, 5.74) is 5.66. The molecule has 1 saturated carbocycles. The van der Waals surface area contributed by atoms with Gasteiger partial charge < -0.3 is 9.51 Å². The number of pyridine rings is 1. The van der Waals surface area contributed by atoms with Gasteiger partial charge in [0, 0.05) is 36.0 Å². The molecule has 0 saturated heterocycles. The fourth-order valence-electron chi connectivity index (χ4n) is 3.58. The third-order valence-corrected chi connectivity index (χ3v) is 5.08.